The fourth-order valence-electron chi connectivity index (χ4n) is 4.86. The molecule has 2 N–H and O–H groups in total. The summed E-state index contributed by atoms with van der Waals surface area (Å²) in [5, 5.41) is 6.23. The number of allylic oxidation sites excluding steroid dienone is 1. The van der Waals surface area contributed by atoms with Crippen LogP contribution in [0.25, 0.3) is 0 Å². The number of hydrogen-bond acceptors (Lipinski definition) is 3. The van der Waals surface area contributed by atoms with Gasteiger partial charge < -0.3 is 15.5 Å². The molecule has 1 amide bonds. The van der Waals surface area contributed by atoms with Crippen LogP contribution in [-0.4, -0.2) is 43.5 Å². The van der Waals surface area contributed by atoms with E-state index in [0.29, 0.717) is 18.5 Å². The number of carbonyl (C=O) groups is 1. The minimum absolute atomic E-state index is 0.0871. The minimum Gasteiger partial charge on any atom is -0.387 e. The van der Waals surface area contributed by atoms with E-state index < -0.39 is 28.9 Å². The first-order valence-electron chi connectivity index (χ1n) is 12.2. The minimum atomic E-state index is -4.77. The van der Waals surface area contributed by atoms with Crippen LogP contribution in [0.15, 0.2) is 30.5 Å². The number of halogens is 5. The van der Waals surface area contributed by atoms with Crippen LogP contribution in [0, 0.1) is 11.8 Å². The number of amides is 1. The SMILES string of the molecule is C=C(NCCN1CCC(CNC(=O)Cc2cc(C(F)(F)F)cc(C(F)(F)P)c2)CC1)C1CCCC1. The number of nitrogens with one attached hydrogen (secondary N) is 2. The van der Waals surface area contributed by atoms with E-state index in [1.807, 2.05) is 0 Å². The number of benzene rings is 1. The monoisotopic (exact) mass is 519 g/mol. The summed E-state index contributed by atoms with van der Waals surface area (Å²) in [6.07, 6.45) is 1.68. The van der Waals surface area contributed by atoms with Gasteiger partial charge >= 0.3 is 6.18 Å². The highest BCUT2D eigenvalue weighted by molar-refractivity contribution is 7.17. The molecule has 1 aromatic rings. The molecule has 2 aliphatic rings. The fourth-order valence-corrected chi connectivity index (χ4v) is 5.03. The van der Waals surface area contributed by atoms with Crippen molar-refractivity contribution in [1.82, 2.24) is 15.5 Å². The molecule has 2 fully saturated rings. The highest BCUT2D eigenvalue weighted by atomic mass is 31.0. The van der Waals surface area contributed by atoms with E-state index >= 15 is 0 Å². The fraction of sp³-hybridized carbons (Fsp3) is 0.640. The van der Waals surface area contributed by atoms with Crippen molar-refractivity contribution in [3.05, 3.63) is 47.2 Å². The lowest BCUT2D eigenvalue weighted by Gasteiger charge is -2.32. The van der Waals surface area contributed by atoms with Gasteiger partial charge in [0, 0.05) is 30.9 Å². The predicted octanol–water partition coefficient (Wildman–Crippen LogP) is 5.29. The third-order valence-corrected chi connectivity index (χ3v) is 7.33. The van der Waals surface area contributed by atoms with E-state index in [4.69, 9.17) is 0 Å². The lowest BCUT2D eigenvalue weighted by Crippen LogP contribution is -2.41. The van der Waals surface area contributed by atoms with Gasteiger partial charge in [-0.25, -0.2) is 0 Å². The Kier molecular flexibility index (Phi) is 9.55. The summed E-state index contributed by atoms with van der Waals surface area (Å²) < 4.78 is 66.6. The van der Waals surface area contributed by atoms with Gasteiger partial charge in [-0.2, -0.15) is 22.0 Å². The lowest BCUT2D eigenvalue weighted by atomic mass is 9.96. The summed E-state index contributed by atoms with van der Waals surface area (Å²) in [6.45, 7) is 8.23. The molecule has 1 saturated carbocycles. The van der Waals surface area contributed by atoms with E-state index in [0.717, 1.165) is 56.9 Å². The number of hydrogen-bond donors (Lipinski definition) is 2. The third kappa shape index (κ3) is 8.71. The molecule has 196 valence electrons. The zero-order valence-corrected chi connectivity index (χ0v) is 21.1. The Morgan fingerprint density at radius 3 is 2.23 bits per heavy atom. The normalized spacial score (nSPS) is 18.6. The zero-order valence-electron chi connectivity index (χ0n) is 19.9. The number of likely N-dealkylation sites (tertiary alicyclic amines) is 1. The van der Waals surface area contributed by atoms with Crippen LogP contribution in [0.1, 0.15) is 55.2 Å². The van der Waals surface area contributed by atoms with Crippen molar-refractivity contribution in [2.45, 2.75) is 56.8 Å². The number of nitrogens with zero attached hydrogens (tertiary/aromatic N) is 1. The van der Waals surface area contributed by atoms with Crippen LogP contribution in [0.2, 0.25) is 0 Å². The average Bonchev–Trinajstić information content (AvgIpc) is 3.32. The summed E-state index contributed by atoms with van der Waals surface area (Å²) in [7, 11) is 1.23. The quantitative estimate of drug-likeness (QED) is 0.326. The van der Waals surface area contributed by atoms with E-state index in [1.165, 1.54) is 34.9 Å². The highest BCUT2D eigenvalue weighted by Gasteiger charge is 2.34. The molecular weight excluding hydrogens is 484 g/mol. The van der Waals surface area contributed by atoms with Gasteiger partial charge in [-0.15, -0.1) is 0 Å². The molecule has 1 heterocycles. The van der Waals surface area contributed by atoms with Crippen molar-refractivity contribution in [1.29, 1.82) is 0 Å². The molecule has 0 bridgehead atoms. The van der Waals surface area contributed by atoms with E-state index in [9.17, 15) is 26.7 Å². The van der Waals surface area contributed by atoms with Gasteiger partial charge in [-0.05, 0) is 74.4 Å². The second-order valence-electron chi connectivity index (χ2n) is 9.74. The van der Waals surface area contributed by atoms with Crippen LogP contribution < -0.4 is 10.6 Å². The Morgan fingerprint density at radius 1 is 1.00 bits per heavy atom. The summed E-state index contributed by atoms with van der Waals surface area (Å²) in [4.78, 5) is 14.7. The van der Waals surface area contributed by atoms with Gasteiger partial charge in [0.2, 0.25) is 5.91 Å². The summed E-state index contributed by atoms with van der Waals surface area (Å²) in [5.41, 5.74) is -4.42. The molecule has 0 aromatic heterocycles. The zero-order chi connectivity index (χ0) is 25.6. The Bertz CT molecular complexity index is 841. The first-order valence-corrected chi connectivity index (χ1v) is 12.8. The van der Waals surface area contributed by atoms with Gasteiger partial charge in [-0.1, -0.05) is 28.7 Å². The van der Waals surface area contributed by atoms with Gasteiger partial charge in [0.05, 0.1) is 12.0 Å². The summed E-state index contributed by atoms with van der Waals surface area (Å²) in [6, 6.07) is 2.13. The number of rotatable bonds is 10. The van der Waals surface area contributed by atoms with E-state index in [2.05, 4.69) is 22.1 Å². The molecule has 1 saturated heterocycles. The Balaban J connectivity index is 1.40. The van der Waals surface area contributed by atoms with Crippen LogP contribution in [0.4, 0.5) is 22.0 Å². The molecule has 0 radical (unpaired) electrons. The molecule has 0 spiro atoms. The maximum atomic E-state index is 13.6. The van der Waals surface area contributed by atoms with Crippen LogP contribution in [-0.2, 0) is 23.1 Å². The maximum Gasteiger partial charge on any atom is 0.416 e. The number of carbonyl (C=O) groups excluding carboxylic acids is 1. The smallest absolute Gasteiger partial charge is 0.387 e. The summed E-state index contributed by atoms with van der Waals surface area (Å²) >= 11 is 0. The van der Waals surface area contributed by atoms with Crippen molar-refractivity contribution >= 4 is 15.1 Å². The largest absolute Gasteiger partial charge is 0.416 e. The first kappa shape index (κ1) is 27.9. The standard InChI is InChI=1S/C25H35F5N3OP/c1-17(20-4-2-3-5-20)31-8-11-33-9-6-18(7-10-33)16-32-23(34)14-19-12-21(24(26,27)28)15-22(13-19)25(29,30)35/h12-13,15,18,20,31H,1-11,14,16,35H2,(H,32,34). The number of piperidine rings is 1. The van der Waals surface area contributed by atoms with Gasteiger partial charge in [0.1, 0.15) is 0 Å². The molecular formula is C25H35F5N3OP. The van der Waals surface area contributed by atoms with Crippen LogP contribution >= 0.6 is 9.24 Å². The van der Waals surface area contributed by atoms with Gasteiger partial charge in [-0.3, -0.25) is 4.79 Å². The second kappa shape index (κ2) is 12.0. The Hall–Kier alpha value is -1.73. The van der Waals surface area contributed by atoms with Crippen molar-refractivity contribution < 1.29 is 26.7 Å². The second-order valence-corrected chi connectivity index (χ2v) is 10.5. The molecule has 10 heteroatoms. The topological polar surface area (TPSA) is 44.4 Å². The summed E-state index contributed by atoms with van der Waals surface area (Å²) in [5.74, 6) is 0.411. The van der Waals surface area contributed by atoms with Crippen molar-refractivity contribution in [3.8, 4) is 0 Å². The van der Waals surface area contributed by atoms with Crippen molar-refractivity contribution in [2.24, 2.45) is 11.8 Å². The highest BCUT2D eigenvalue weighted by Crippen LogP contribution is 2.39. The molecule has 1 aliphatic heterocycles. The van der Waals surface area contributed by atoms with Crippen molar-refractivity contribution in [2.75, 3.05) is 32.7 Å². The molecule has 35 heavy (non-hydrogen) atoms. The number of alkyl halides is 5. The third-order valence-electron chi connectivity index (χ3n) is 6.99. The first-order chi connectivity index (χ1) is 16.4. The van der Waals surface area contributed by atoms with Crippen LogP contribution in [0.5, 0.6) is 0 Å². The lowest BCUT2D eigenvalue weighted by molar-refractivity contribution is -0.137. The van der Waals surface area contributed by atoms with E-state index in [1.54, 1.807) is 0 Å². The Labute approximate surface area is 206 Å². The van der Waals surface area contributed by atoms with Gasteiger partial charge in [0.25, 0.3) is 5.66 Å². The molecule has 3 rings (SSSR count). The maximum absolute atomic E-state index is 13.6. The molecule has 4 nitrogen and oxygen atoms in total. The molecule has 1 unspecified atom stereocenters. The molecule has 1 atom stereocenters. The van der Waals surface area contributed by atoms with E-state index in [-0.39, 0.29) is 17.9 Å². The van der Waals surface area contributed by atoms with Crippen molar-refractivity contribution in [3.63, 3.8) is 0 Å². The van der Waals surface area contributed by atoms with Crippen LogP contribution in [0.3, 0.4) is 0 Å². The Morgan fingerprint density at radius 2 is 1.63 bits per heavy atom. The molecule has 1 aliphatic carbocycles. The van der Waals surface area contributed by atoms with Gasteiger partial charge in [0.15, 0.2) is 0 Å². The average molecular weight is 520 g/mol. The molecule has 1 aromatic carbocycles. The predicted molar refractivity (Wildman–Crippen MR) is 130 cm³/mol.